The van der Waals surface area contributed by atoms with E-state index in [4.69, 9.17) is 0 Å². The first-order valence-electron chi connectivity index (χ1n) is 12.9. The lowest BCUT2D eigenvalue weighted by atomic mass is 9.68. The van der Waals surface area contributed by atoms with Crippen LogP contribution < -0.4 is 0 Å². The van der Waals surface area contributed by atoms with E-state index in [0.29, 0.717) is 35.2 Å². The molecule has 0 saturated heterocycles. The third-order valence-corrected chi connectivity index (χ3v) is 6.34. The molecule has 2 nitrogen and oxygen atoms in total. The smallest absolute Gasteiger partial charge is 0.116 e. The number of hydrogen-bond acceptors (Lipinski definition) is 2. The van der Waals surface area contributed by atoms with Crippen molar-refractivity contribution >= 4 is 0 Å². The van der Waals surface area contributed by atoms with E-state index in [0.717, 1.165) is 25.7 Å². The van der Waals surface area contributed by atoms with Gasteiger partial charge in [-0.2, -0.15) is 0 Å². The van der Waals surface area contributed by atoms with Gasteiger partial charge in [0.15, 0.2) is 0 Å². The SMILES string of the molecule is CC(C)Cc1cc(O)cc(CC(C)C)c1C(C)(C)c1c(CC(C)C)cc(O)cc1CC(C)C. The fraction of sp³-hybridized carbons (Fsp3) is 0.613. The van der Waals surface area contributed by atoms with Crippen LogP contribution >= 0.6 is 0 Å². The van der Waals surface area contributed by atoms with Crippen molar-refractivity contribution in [3.8, 4) is 11.5 Å². The topological polar surface area (TPSA) is 40.5 Å². The lowest BCUT2D eigenvalue weighted by molar-refractivity contribution is 0.467. The molecule has 2 N–H and O–H groups in total. The summed E-state index contributed by atoms with van der Waals surface area (Å²) in [6, 6.07) is 7.97. The molecule has 0 fully saturated rings. The zero-order chi connectivity index (χ0) is 25.1. The lowest BCUT2D eigenvalue weighted by Crippen LogP contribution is -2.28. The van der Waals surface area contributed by atoms with Crippen LogP contribution in [0.3, 0.4) is 0 Å². The Labute approximate surface area is 203 Å². The molecular formula is C31H48O2. The molecule has 0 aliphatic carbocycles. The van der Waals surface area contributed by atoms with Gasteiger partial charge in [-0.1, -0.05) is 69.2 Å². The molecule has 184 valence electrons. The van der Waals surface area contributed by atoms with E-state index in [1.807, 2.05) is 24.3 Å². The number of phenols is 2. The average Bonchev–Trinajstić information content (AvgIpc) is 2.57. The summed E-state index contributed by atoms with van der Waals surface area (Å²) >= 11 is 0. The van der Waals surface area contributed by atoms with Crippen LogP contribution in [0.25, 0.3) is 0 Å². The number of phenolic OH excluding ortho intramolecular Hbond substituents is 2. The van der Waals surface area contributed by atoms with Gasteiger partial charge in [-0.3, -0.25) is 0 Å². The Kier molecular flexibility index (Phi) is 9.08. The first kappa shape index (κ1) is 27.3. The molecular weight excluding hydrogens is 404 g/mol. The third kappa shape index (κ3) is 7.01. The van der Waals surface area contributed by atoms with E-state index in [2.05, 4.69) is 69.2 Å². The highest BCUT2D eigenvalue weighted by molar-refractivity contribution is 5.56. The van der Waals surface area contributed by atoms with Crippen molar-refractivity contribution in [2.24, 2.45) is 23.7 Å². The Morgan fingerprint density at radius 2 is 0.727 bits per heavy atom. The highest BCUT2D eigenvalue weighted by Gasteiger charge is 2.34. The van der Waals surface area contributed by atoms with Crippen LogP contribution in [0.15, 0.2) is 24.3 Å². The van der Waals surface area contributed by atoms with Crippen molar-refractivity contribution in [3.05, 3.63) is 57.6 Å². The molecule has 0 atom stereocenters. The third-order valence-electron chi connectivity index (χ3n) is 6.34. The lowest BCUT2D eigenvalue weighted by Gasteiger charge is -2.36. The second kappa shape index (κ2) is 11.0. The van der Waals surface area contributed by atoms with Crippen LogP contribution in [0.5, 0.6) is 11.5 Å². The van der Waals surface area contributed by atoms with Crippen molar-refractivity contribution < 1.29 is 10.2 Å². The van der Waals surface area contributed by atoms with Gasteiger partial charge in [0.1, 0.15) is 11.5 Å². The standard InChI is InChI=1S/C31H48O2/c1-19(2)11-23-15-27(32)16-24(12-20(3)4)29(23)31(9,10)30-25(13-21(5)6)17-28(33)18-26(30)14-22(7)8/h15-22,32-33H,11-14H2,1-10H3. The Balaban J connectivity index is 2.92. The molecule has 0 radical (unpaired) electrons. The summed E-state index contributed by atoms with van der Waals surface area (Å²) in [5, 5.41) is 21.3. The molecule has 0 amide bonds. The average molecular weight is 453 g/mol. The maximum atomic E-state index is 10.6. The molecule has 2 heteroatoms. The molecule has 0 bridgehead atoms. The van der Waals surface area contributed by atoms with E-state index in [1.165, 1.54) is 33.4 Å². The van der Waals surface area contributed by atoms with Crippen molar-refractivity contribution in [1.29, 1.82) is 0 Å². The molecule has 0 unspecified atom stereocenters. The summed E-state index contributed by atoms with van der Waals surface area (Å²) in [7, 11) is 0. The summed E-state index contributed by atoms with van der Waals surface area (Å²) in [5.74, 6) is 2.74. The molecule has 0 heterocycles. The highest BCUT2D eigenvalue weighted by Crippen LogP contribution is 2.44. The van der Waals surface area contributed by atoms with Crippen LogP contribution in [0.1, 0.15) is 103 Å². The van der Waals surface area contributed by atoms with Crippen LogP contribution in [0.2, 0.25) is 0 Å². The van der Waals surface area contributed by atoms with Gasteiger partial charge >= 0.3 is 0 Å². The van der Waals surface area contributed by atoms with Gasteiger partial charge in [0.2, 0.25) is 0 Å². The molecule has 2 rings (SSSR count). The minimum absolute atomic E-state index is 0.246. The van der Waals surface area contributed by atoms with Gasteiger partial charge in [-0.15, -0.1) is 0 Å². The summed E-state index contributed by atoms with van der Waals surface area (Å²) in [4.78, 5) is 0. The quantitative estimate of drug-likeness (QED) is 0.381. The van der Waals surface area contributed by atoms with Gasteiger partial charge in [0.25, 0.3) is 0 Å². The summed E-state index contributed by atoms with van der Waals surface area (Å²) in [6.45, 7) is 22.7. The van der Waals surface area contributed by atoms with E-state index in [-0.39, 0.29) is 5.41 Å². The molecule has 0 aliphatic rings. The Morgan fingerprint density at radius 3 is 0.909 bits per heavy atom. The second-order valence-electron chi connectivity index (χ2n) is 12.3. The first-order valence-corrected chi connectivity index (χ1v) is 12.9. The maximum Gasteiger partial charge on any atom is 0.116 e. The molecule has 2 aromatic carbocycles. The van der Waals surface area contributed by atoms with Gasteiger partial charge in [-0.05, 0) is 107 Å². The van der Waals surface area contributed by atoms with E-state index < -0.39 is 0 Å². The van der Waals surface area contributed by atoms with Crippen LogP contribution in [-0.2, 0) is 31.1 Å². The minimum Gasteiger partial charge on any atom is -0.508 e. The van der Waals surface area contributed by atoms with Crippen molar-refractivity contribution in [2.75, 3.05) is 0 Å². The summed E-state index contributed by atoms with van der Waals surface area (Å²) in [6.07, 6.45) is 3.76. The number of hydrogen-bond donors (Lipinski definition) is 2. The highest BCUT2D eigenvalue weighted by atomic mass is 16.3. The zero-order valence-electron chi connectivity index (χ0n) is 22.8. The van der Waals surface area contributed by atoms with Crippen LogP contribution in [0, 0.1) is 23.7 Å². The van der Waals surface area contributed by atoms with Crippen molar-refractivity contribution in [2.45, 2.75) is 100 Å². The molecule has 0 saturated carbocycles. The molecule has 0 aliphatic heterocycles. The molecule has 0 aromatic heterocycles. The maximum absolute atomic E-state index is 10.6. The van der Waals surface area contributed by atoms with E-state index in [9.17, 15) is 10.2 Å². The van der Waals surface area contributed by atoms with Crippen LogP contribution in [0.4, 0.5) is 0 Å². The van der Waals surface area contributed by atoms with E-state index >= 15 is 0 Å². The molecule has 2 aromatic rings. The Morgan fingerprint density at radius 1 is 0.515 bits per heavy atom. The number of rotatable bonds is 10. The van der Waals surface area contributed by atoms with Gasteiger partial charge in [0, 0.05) is 5.41 Å². The zero-order valence-corrected chi connectivity index (χ0v) is 22.8. The molecule has 0 spiro atoms. The Bertz CT molecular complexity index is 794. The summed E-state index contributed by atoms with van der Waals surface area (Å²) in [5.41, 5.74) is 7.50. The number of benzene rings is 2. The van der Waals surface area contributed by atoms with Gasteiger partial charge in [0.05, 0.1) is 0 Å². The normalized spacial score (nSPS) is 12.5. The number of aromatic hydroxyl groups is 2. The minimum atomic E-state index is -0.246. The summed E-state index contributed by atoms with van der Waals surface area (Å²) < 4.78 is 0. The van der Waals surface area contributed by atoms with Crippen molar-refractivity contribution in [3.63, 3.8) is 0 Å². The van der Waals surface area contributed by atoms with Gasteiger partial charge < -0.3 is 10.2 Å². The monoisotopic (exact) mass is 452 g/mol. The predicted molar refractivity (Wildman–Crippen MR) is 143 cm³/mol. The van der Waals surface area contributed by atoms with Gasteiger partial charge in [-0.25, -0.2) is 0 Å². The van der Waals surface area contributed by atoms with Crippen LogP contribution in [-0.4, -0.2) is 10.2 Å². The van der Waals surface area contributed by atoms with E-state index in [1.54, 1.807) is 0 Å². The fourth-order valence-corrected chi connectivity index (χ4v) is 5.63. The predicted octanol–water partition coefficient (Wildman–Crippen LogP) is 8.22. The fourth-order valence-electron chi connectivity index (χ4n) is 5.63. The largest absolute Gasteiger partial charge is 0.508 e. The Hall–Kier alpha value is -1.96. The molecule has 33 heavy (non-hydrogen) atoms. The van der Waals surface area contributed by atoms with Crippen molar-refractivity contribution in [1.82, 2.24) is 0 Å². The second-order valence-corrected chi connectivity index (χ2v) is 12.3. The first-order chi connectivity index (χ1) is 15.2.